The van der Waals surface area contributed by atoms with Crippen LogP contribution in [-0.4, -0.2) is 62.5 Å². The Morgan fingerprint density at radius 1 is 1.35 bits per heavy atom. The van der Waals surface area contributed by atoms with Gasteiger partial charge in [-0.25, -0.2) is 9.67 Å². The molecule has 3 aromatic heterocycles. The number of carbonyl (C=O) groups excluding carboxylic acids is 1. The van der Waals surface area contributed by atoms with Crippen molar-refractivity contribution in [2.24, 2.45) is 0 Å². The van der Waals surface area contributed by atoms with E-state index in [4.69, 9.17) is 4.74 Å². The maximum absolute atomic E-state index is 12.7. The Kier molecular flexibility index (Phi) is 5.46. The van der Waals surface area contributed by atoms with E-state index in [0.717, 1.165) is 23.8 Å². The average Bonchev–Trinajstić information content (AvgIpc) is 3.23. The van der Waals surface area contributed by atoms with Crippen molar-refractivity contribution in [3.05, 3.63) is 29.5 Å². The van der Waals surface area contributed by atoms with Gasteiger partial charge >= 0.3 is 0 Å². The van der Waals surface area contributed by atoms with Crippen LogP contribution in [0.2, 0.25) is 0 Å². The molecule has 137 valence electrons. The number of ether oxygens (including phenoxy) is 1. The number of aromatic nitrogens is 6. The molecular weight excluding hydrogens is 508 g/mol. The molecule has 0 unspecified atom stereocenters. The van der Waals surface area contributed by atoms with E-state index in [1.165, 1.54) is 0 Å². The van der Waals surface area contributed by atoms with E-state index in [1.807, 2.05) is 11.1 Å². The van der Waals surface area contributed by atoms with Crippen LogP contribution in [0.25, 0.3) is 16.9 Å². The maximum Gasteiger partial charge on any atom is 0.274 e. The van der Waals surface area contributed by atoms with E-state index in [9.17, 15) is 4.79 Å². The molecule has 0 bridgehead atoms. The zero-order chi connectivity index (χ0) is 17.4. The van der Waals surface area contributed by atoms with Gasteiger partial charge in [-0.15, -0.1) is 0 Å². The third-order valence-electron chi connectivity index (χ3n) is 4.28. The number of amides is 1. The summed E-state index contributed by atoms with van der Waals surface area (Å²) in [5, 5.41) is 13.1. The van der Waals surface area contributed by atoms with Gasteiger partial charge in [0.05, 0.1) is 0 Å². The minimum absolute atomic E-state index is 0. The van der Waals surface area contributed by atoms with Crippen molar-refractivity contribution in [1.82, 2.24) is 34.8 Å². The molecule has 1 amide bonds. The fourth-order valence-electron chi connectivity index (χ4n) is 3.06. The van der Waals surface area contributed by atoms with Gasteiger partial charge in [0.25, 0.3) is 5.91 Å². The summed E-state index contributed by atoms with van der Waals surface area (Å²) in [6.45, 7) is 3.80. The minimum atomic E-state index is -0.0446. The summed E-state index contributed by atoms with van der Waals surface area (Å²) in [6, 6.07) is 0. The number of carbonyl (C=O) groups is 1. The SMILES string of the molecule is COCCCN1CCc2cn(-c3nc(C)nc4[n-]ncc34)nc2C1=O.[Re]. The van der Waals surface area contributed by atoms with Gasteiger partial charge in [-0.3, -0.25) is 9.89 Å². The van der Waals surface area contributed by atoms with Crippen molar-refractivity contribution in [2.75, 3.05) is 26.8 Å². The number of nitrogens with zero attached hydrogens (tertiary/aromatic N) is 7. The Morgan fingerprint density at radius 2 is 2.19 bits per heavy atom. The fourth-order valence-corrected chi connectivity index (χ4v) is 3.06. The largest absolute Gasteiger partial charge is 0.422 e. The van der Waals surface area contributed by atoms with Gasteiger partial charge in [-0.1, -0.05) is 0 Å². The molecule has 0 aromatic carbocycles. The second-order valence-electron chi connectivity index (χ2n) is 6.01. The molecule has 9 nitrogen and oxygen atoms in total. The first-order valence-electron chi connectivity index (χ1n) is 8.17. The standard InChI is InChI=1S/C16H18N7O2.Re/c1-10-18-14-12(8-17-20-14)15(19-10)23-9-11-4-6-22(5-3-7-25-2)16(24)13(11)21-23;/h8-9H,3-7H2,1-2H3;/q-1;. The number of rotatable bonds is 5. The predicted octanol–water partition coefficient (Wildman–Crippen LogP) is 0.508. The molecule has 1 aliphatic heterocycles. The molecule has 10 heteroatoms. The molecule has 0 saturated heterocycles. The van der Waals surface area contributed by atoms with Crippen LogP contribution < -0.4 is 5.10 Å². The molecular formula is C16H18N7O2Re-. The van der Waals surface area contributed by atoms with Crippen LogP contribution in [0, 0.1) is 6.92 Å². The van der Waals surface area contributed by atoms with Gasteiger partial charge in [0, 0.05) is 76.4 Å². The Labute approximate surface area is 163 Å². The molecule has 26 heavy (non-hydrogen) atoms. The van der Waals surface area contributed by atoms with Crippen LogP contribution >= 0.6 is 0 Å². The molecule has 3 aromatic rings. The molecule has 0 aliphatic carbocycles. The number of hydrogen-bond donors (Lipinski definition) is 0. The van der Waals surface area contributed by atoms with E-state index in [2.05, 4.69) is 25.3 Å². The van der Waals surface area contributed by atoms with Gasteiger partial charge in [0.15, 0.2) is 11.5 Å². The normalized spacial score (nSPS) is 13.8. The Bertz CT molecular complexity index is 936. The molecule has 4 rings (SSSR count). The average molecular weight is 527 g/mol. The molecule has 1 aliphatic rings. The number of hydrogen-bond acceptors (Lipinski definition) is 6. The van der Waals surface area contributed by atoms with E-state index in [-0.39, 0.29) is 26.3 Å². The zero-order valence-corrected chi connectivity index (χ0v) is 17.2. The Hall–Kier alpha value is -2.15. The molecule has 0 fully saturated rings. The van der Waals surface area contributed by atoms with Crippen molar-refractivity contribution < 1.29 is 30.0 Å². The Morgan fingerprint density at radius 3 is 3.00 bits per heavy atom. The molecule has 0 saturated carbocycles. The quantitative estimate of drug-likeness (QED) is 0.447. The minimum Gasteiger partial charge on any atom is -0.422 e. The van der Waals surface area contributed by atoms with Crippen molar-refractivity contribution in [3.63, 3.8) is 0 Å². The summed E-state index contributed by atoms with van der Waals surface area (Å²) in [6.07, 6.45) is 5.07. The summed E-state index contributed by atoms with van der Waals surface area (Å²) in [4.78, 5) is 23.2. The van der Waals surface area contributed by atoms with Crippen LogP contribution in [0.1, 0.15) is 28.3 Å². The summed E-state index contributed by atoms with van der Waals surface area (Å²) < 4.78 is 6.70. The van der Waals surface area contributed by atoms with Gasteiger partial charge in [0.2, 0.25) is 0 Å². The first-order valence-corrected chi connectivity index (χ1v) is 8.17. The second kappa shape index (κ2) is 7.62. The van der Waals surface area contributed by atoms with E-state index < -0.39 is 0 Å². The number of fused-ring (bicyclic) bond motifs is 2. The van der Waals surface area contributed by atoms with Crippen LogP contribution in [0.5, 0.6) is 0 Å². The summed E-state index contributed by atoms with van der Waals surface area (Å²) in [5.41, 5.74) is 1.95. The monoisotopic (exact) mass is 527 g/mol. The van der Waals surface area contributed by atoms with E-state index in [1.54, 1.807) is 24.9 Å². The van der Waals surface area contributed by atoms with Gasteiger partial charge in [-0.2, -0.15) is 5.10 Å². The summed E-state index contributed by atoms with van der Waals surface area (Å²) in [5.74, 6) is 1.14. The van der Waals surface area contributed by atoms with Gasteiger partial charge in [-0.05, 0) is 25.4 Å². The van der Waals surface area contributed by atoms with Crippen LogP contribution in [-0.2, 0) is 31.6 Å². The smallest absolute Gasteiger partial charge is 0.274 e. The number of methoxy groups -OCH3 is 1. The molecule has 0 spiro atoms. The summed E-state index contributed by atoms with van der Waals surface area (Å²) >= 11 is 0. The summed E-state index contributed by atoms with van der Waals surface area (Å²) in [7, 11) is 1.66. The van der Waals surface area contributed by atoms with Crippen LogP contribution in [0.4, 0.5) is 0 Å². The van der Waals surface area contributed by atoms with Crippen LogP contribution in [0.3, 0.4) is 0 Å². The number of aryl methyl sites for hydroxylation is 1. The second-order valence-corrected chi connectivity index (χ2v) is 6.01. The molecule has 1 radical (unpaired) electrons. The molecule has 0 N–H and O–H groups in total. The Balaban J connectivity index is 0.00000196. The van der Waals surface area contributed by atoms with E-state index in [0.29, 0.717) is 42.7 Å². The molecule has 4 heterocycles. The maximum atomic E-state index is 12.7. The first-order chi connectivity index (χ1) is 12.2. The van der Waals surface area contributed by atoms with Gasteiger partial charge < -0.3 is 19.7 Å². The topological polar surface area (TPSA) is 100 Å². The third kappa shape index (κ3) is 3.28. The van der Waals surface area contributed by atoms with Crippen molar-refractivity contribution in [3.8, 4) is 5.82 Å². The van der Waals surface area contributed by atoms with Crippen molar-refractivity contribution >= 4 is 16.9 Å². The van der Waals surface area contributed by atoms with Crippen molar-refractivity contribution in [1.29, 1.82) is 0 Å². The van der Waals surface area contributed by atoms with E-state index >= 15 is 0 Å². The predicted molar refractivity (Wildman–Crippen MR) is 88.6 cm³/mol. The van der Waals surface area contributed by atoms with Crippen molar-refractivity contribution in [2.45, 2.75) is 19.8 Å². The fraction of sp³-hybridized carbons (Fsp3) is 0.438. The van der Waals surface area contributed by atoms with Crippen LogP contribution in [0.15, 0.2) is 12.4 Å². The third-order valence-corrected chi connectivity index (χ3v) is 4.28. The van der Waals surface area contributed by atoms with Gasteiger partial charge in [0.1, 0.15) is 0 Å². The molecule has 0 atom stereocenters. The zero-order valence-electron chi connectivity index (χ0n) is 14.5. The first kappa shape index (κ1) is 18.6.